The molecule has 1 saturated heterocycles. The zero-order valence-electron chi connectivity index (χ0n) is 16.2. The summed E-state index contributed by atoms with van der Waals surface area (Å²) in [5.41, 5.74) is 1.85. The number of carbonyl (C=O) groups excluding carboxylic acids is 1. The summed E-state index contributed by atoms with van der Waals surface area (Å²) in [6.45, 7) is 2.68. The molecule has 0 saturated carbocycles. The van der Waals surface area contributed by atoms with Crippen LogP contribution in [-0.4, -0.2) is 42.5 Å². The molecule has 0 aliphatic carbocycles. The van der Waals surface area contributed by atoms with Gasteiger partial charge in [-0.2, -0.15) is 0 Å². The van der Waals surface area contributed by atoms with Crippen molar-refractivity contribution in [2.24, 2.45) is 0 Å². The van der Waals surface area contributed by atoms with E-state index in [1.165, 1.54) is 23.8 Å². The van der Waals surface area contributed by atoms with Gasteiger partial charge in [-0.25, -0.2) is 0 Å². The van der Waals surface area contributed by atoms with E-state index in [-0.39, 0.29) is 5.91 Å². The molecule has 0 unspecified atom stereocenters. The SMILES string of the molecule is COc1cc(C=C2SC(=S)N(C)C2=O)cc(Cl)c1OCCOc1cccc(C)c1. The second-order valence-corrected chi connectivity index (χ2v) is 8.37. The second-order valence-electron chi connectivity index (χ2n) is 6.29. The van der Waals surface area contributed by atoms with E-state index in [9.17, 15) is 4.79 Å². The monoisotopic (exact) mass is 449 g/mol. The maximum atomic E-state index is 12.2. The molecule has 1 amide bonds. The molecule has 2 aromatic rings. The van der Waals surface area contributed by atoms with Crippen LogP contribution in [0.25, 0.3) is 6.08 Å². The standard InChI is InChI=1S/C21H20ClNO4S2/c1-13-5-4-6-15(9-13)26-7-8-27-19-16(22)10-14(11-17(19)25-3)12-18-20(24)23(2)21(28)29-18/h4-6,9-12H,7-8H2,1-3H3. The summed E-state index contributed by atoms with van der Waals surface area (Å²) in [7, 11) is 3.19. The van der Waals surface area contributed by atoms with Gasteiger partial charge in [0, 0.05) is 7.05 Å². The summed E-state index contributed by atoms with van der Waals surface area (Å²) in [4.78, 5) is 14.2. The third-order valence-corrected chi connectivity index (χ3v) is 5.89. The minimum atomic E-state index is -0.135. The van der Waals surface area contributed by atoms with Crippen LogP contribution in [0.2, 0.25) is 5.02 Å². The second kappa shape index (κ2) is 9.52. The van der Waals surface area contributed by atoms with Crippen LogP contribution in [-0.2, 0) is 4.79 Å². The average Bonchev–Trinajstić information content (AvgIpc) is 2.93. The van der Waals surface area contributed by atoms with Crippen LogP contribution in [0.4, 0.5) is 0 Å². The molecule has 8 heteroatoms. The number of hydrogen-bond acceptors (Lipinski definition) is 6. The van der Waals surface area contributed by atoms with Crippen LogP contribution in [0, 0.1) is 6.92 Å². The lowest BCUT2D eigenvalue weighted by molar-refractivity contribution is -0.121. The van der Waals surface area contributed by atoms with Crippen LogP contribution < -0.4 is 14.2 Å². The van der Waals surface area contributed by atoms with Crippen molar-refractivity contribution < 1.29 is 19.0 Å². The fraction of sp³-hybridized carbons (Fsp3) is 0.238. The highest BCUT2D eigenvalue weighted by Gasteiger charge is 2.28. The molecule has 0 bridgehead atoms. The molecule has 1 aliphatic heterocycles. The van der Waals surface area contributed by atoms with Crippen LogP contribution in [0.3, 0.4) is 0 Å². The number of thiocarbonyl (C=S) groups is 1. The normalized spacial score (nSPS) is 15.2. The molecule has 2 aromatic carbocycles. The van der Waals surface area contributed by atoms with Gasteiger partial charge in [0.2, 0.25) is 0 Å². The zero-order valence-corrected chi connectivity index (χ0v) is 18.6. The number of thioether (sulfide) groups is 1. The number of likely N-dealkylation sites (N-methyl/N-ethyl adjacent to an activating group) is 1. The quantitative estimate of drug-likeness (QED) is 0.339. The van der Waals surface area contributed by atoms with Gasteiger partial charge in [-0.3, -0.25) is 9.69 Å². The van der Waals surface area contributed by atoms with E-state index in [0.717, 1.165) is 16.9 Å². The minimum Gasteiger partial charge on any atom is -0.493 e. The van der Waals surface area contributed by atoms with Gasteiger partial charge in [0.15, 0.2) is 11.5 Å². The summed E-state index contributed by atoms with van der Waals surface area (Å²) >= 11 is 12.8. The largest absolute Gasteiger partial charge is 0.493 e. The molecule has 0 radical (unpaired) electrons. The van der Waals surface area contributed by atoms with Crippen LogP contribution in [0.15, 0.2) is 41.3 Å². The summed E-state index contributed by atoms with van der Waals surface area (Å²) in [6, 6.07) is 11.3. The first-order valence-electron chi connectivity index (χ1n) is 8.80. The Hall–Kier alpha value is -2.22. The molecule has 5 nitrogen and oxygen atoms in total. The van der Waals surface area contributed by atoms with Gasteiger partial charge < -0.3 is 14.2 Å². The molecule has 152 valence electrons. The fourth-order valence-electron chi connectivity index (χ4n) is 2.67. The summed E-state index contributed by atoms with van der Waals surface area (Å²) in [5, 5.41) is 0.387. The Morgan fingerprint density at radius 1 is 1.21 bits per heavy atom. The number of rotatable bonds is 7. The number of hydrogen-bond donors (Lipinski definition) is 0. The van der Waals surface area contributed by atoms with Gasteiger partial charge in [-0.15, -0.1) is 0 Å². The Bertz CT molecular complexity index is 977. The molecule has 1 fully saturated rings. The van der Waals surface area contributed by atoms with Crippen molar-refractivity contribution in [3.8, 4) is 17.2 Å². The van der Waals surface area contributed by atoms with Crippen molar-refractivity contribution >= 4 is 51.9 Å². The zero-order chi connectivity index (χ0) is 21.0. The van der Waals surface area contributed by atoms with Gasteiger partial charge in [0.1, 0.15) is 23.3 Å². The average molecular weight is 450 g/mol. The Morgan fingerprint density at radius 3 is 2.62 bits per heavy atom. The maximum absolute atomic E-state index is 12.2. The molecular formula is C21H20ClNO4S2. The van der Waals surface area contributed by atoms with Crippen molar-refractivity contribution in [3.05, 3.63) is 57.5 Å². The third kappa shape index (κ3) is 5.23. The van der Waals surface area contributed by atoms with E-state index >= 15 is 0 Å². The third-order valence-electron chi connectivity index (χ3n) is 4.12. The highest BCUT2D eigenvalue weighted by Crippen LogP contribution is 2.38. The number of amides is 1. The van der Waals surface area contributed by atoms with E-state index < -0.39 is 0 Å². The molecule has 0 aromatic heterocycles. The first-order chi connectivity index (χ1) is 13.9. The number of methoxy groups -OCH3 is 1. The van der Waals surface area contributed by atoms with Crippen LogP contribution in [0.5, 0.6) is 17.2 Å². The van der Waals surface area contributed by atoms with Crippen molar-refractivity contribution in [2.45, 2.75) is 6.92 Å². The highest BCUT2D eigenvalue weighted by molar-refractivity contribution is 8.26. The summed E-state index contributed by atoms with van der Waals surface area (Å²) in [6.07, 6.45) is 1.74. The number of aryl methyl sites for hydroxylation is 1. The van der Waals surface area contributed by atoms with Gasteiger partial charge in [-0.05, 0) is 48.4 Å². The molecule has 29 heavy (non-hydrogen) atoms. The maximum Gasteiger partial charge on any atom is 0.265 e. The predicted molar refractivity (Wildman–Crippen MR) is 121 cm³/mol. The van der Waals surface area contributed by atoms with E-state index in [4.69, 9.17) is 38.0 Å². The molecule has 0 atom stereocenters. The van der Waals surface area contributed by atoms with E-state index in [1.807, 2.05) is 31.2 Å². The number of halogens is 1. The van der Waals surface area contributed by atoms with Crippen LogP contribution >= 0.6 is 35.6 Å². The van der Waals surface area contributed by atoms with Crippen molar-refractivity contribution in [2.75, 3.05) is 27.4 Å². The molecule has 1 heterocycles. The number of benzene rings is 2. The number of nitrogens with zero attached hydrogens (tertiary/aromatic N) is 1. The smallest absolute Gasteiger partial charge is 0.265 e. The highest BCUT2D eigenvalue weighted by atomic mass is 35.5. The Labute approximate surface area is 184 Å². The van der Waals surface area contributed by atoms with Gasteiger partial charge in [0.25, 0.3) is 5.91 Å². The number of ether oxygens (including phenoxy) is 3. The molecular weight excluding hydrogens is 430 g/mol. The first-order valence-corrected chi connectivity index (χ1v) is 10.4. The topological polar surface area (TPSA) is 48.0 Å². The number of carbonyl (C=O) groups is 1. The van der Waals surface area contributed by atoms with Crippen molar-refractivity contribution in [1.29, 1.82) is 0 Å². The molecule has 0 spiro atoms. The molecule has 3 rings (SSSR count). The van der Waals surface area contributed by atoms with E-state index in [2.05, 4.69) is 0 Å². The minimum absolute atomic E-state index is 0.135. The fourth-order valence-corrected chi connectivity index (χ4v) is 4.12. The molecule has 1 aliphatic rings. The lowest BCUT2D eigenvalue weighted by atomic mass is 10.2. The Morgan fingerprint density at radius 2 is 1.97 bits per heavy atom. The van der Waals surface area contributed by atoms with Gasteiger partial charge >= 0.3 is 0 Å². The van der Waals surface area contributed by atoms with Crippen LogP contribution in [0.1, 0.15) is 11.1 Å². The summed E-state index contributed by atoms with van der Waals surface area (Å²) < 4.78 is 17.4. The van der Waals surface area contributed by atoms with E-state index in [1.54, 1.807) is 25.3 Å². The van der Waals surface area contributed by atoms with Gasteiger partial charge in [-0.1, -0.05) is 47.7 Å². The Balaban J connectivity index is 1.68. The molecule has 0 N–H and O–H groups in total. The predicted octanol–water partition coefficient (Wildman–Crippen LogP) is 4.95. The van der Waals surface area contributed by atoms with Gasteiger partial charge in [0.05, 0.1) is 17.0 Å². The van der Waals surface area contributed by atoms with Crippen molar-refractivity contribution in [1.82, 2.24) is 4.90 Å². The lowest BCUT2D eigenvalue weighted by Crippen LogP contribution is -2.22. The van der Waals surface area contributed by atoms with Crippen molar-refractivity contribution in [3.63, 3.8) is 0 Å². The van der Waals surface area contributed by atoms with E-state index in [0.29, 0.717) is 39.0 Å². The lowest BCUT2D eigenvalue weighted by Gasteiger charge is -2.14. The summed E-state index contributed by atoms with van der Waals surface area (Å²) in [5.74, 6) is 1.56. The Kier molecular flexibility index (Phi) is 7.05. The first kappa shape index (κ1) is 21.5.